The van der Waals surface area contributed by atoms with Gasteiger partial charge < -0.3 is 19.3 Å². The summed E-state index contributed by atoms with van der Waals surface area (Å²) in [4.78, 5) is 20.2. The van der Waals surface area contributed by atoms with Gasteiger partial charge >= 0.3 is 0 Å². The molecule has 0 atom stereocenters. The lowest BCUT2D eigenvalue weighted by atomic mass is 9.97. The van der Waals surface area contributed by atoms with Gasteiger partial charge in [-0.25, -0.2) is 4.98 Å². The number of rotatable bonds is 3. The summed E-state index contributed by atoms with van der Waals surface area (Å²) >= 11 is 3.46. The van der Waals surface area contributed by atoms with Crippen LogP contribution in [0.5, 0.6) is 5.75 Å². The second-order valence-corrected chi connectivity index (χ2v) is 8.99. The highest BCUT2D eigenvalue weighted by Gasteiger charge is 2.25. The summed E-state index contributed by atoms with van der Waals surface area (Å²) in [6.45, 7) is 2.19. The van der Waals surface area contributed by atoms with Crippen LogP contribution < -0.4 is 10.5 Å². The zero-order chi connectivity index (χ0) is 23.8. The van der Waals surface area contributed by atoms with Gasteiger partial charge in [0.2, 0.25) is 0 Å². The number of halogens is 1. The molecule has 34 heavy (non-hydrogen) atoms. The molecule has 1 aliphatic rings. The van der Waals surface area contributed by atoms with Gasteiger partial charge in [0.15, 0.2) is 0 Å². The lowest BCUT2D eigenvalue weighted by molar-refractivity contribution is 0.122. The Hall–Kier alpha value is -3.67. The van der Waals surface area contributed by atoms with Crippen LogP contribution in [0.3, 0.4) is 0 Å². The lowest BCUT2D eigenvalue weighted by Gasteiger charge is -2.29. The van der Waals surface area contributed by atoms with Crippen LogP contribution in [-0.2, 0) is 11.8 Å². The number of nitrogens with zero attached hydrogens (tertiary/aromatic N) is 4. The van der Waals surface area contributed by atoms with E-state index in [4.69, 9.17) is 9.72 Å². The third-order valence-electron chi connectivity index (χ3n) is 6.11. The van der Waals surface area contributed by atoms with Crippen LogP contribution in [0.2, 0.25) is 0 Å². The van der Waals surface area contributed by atoms with Crippen LogP contribution in [0, 0.1) is 11.3 Å². The third-order valence-corrected chi connectivity index (χ3v) is 6.64. The predicted molar refractivity (Wildman–Crippen MR) is 135 cm³/mol. The summed E-state index contributed by atoms with van der Waals surface area (Å²) in [5, 5.41) is 21.9. The van der Waals surface area contributed by atoms with E-state index in [0.29, 0.717) is 59.8 Å². The first-order chi connectivity index (χ1) is 16.5. The second-order valence-electron chi connectivity index (χ2n) is 8.08. The van der Waals surface area contributed by atoms with Gasteiger partial charge in [-0.15, -0.1) is 0 Å². The highest BCUT2D eigenvalue weighted by Crippen LogP contribution is 2.38. The normalized spacial score (nSPS) is 13.7. The van der Waals surface area contributed by atoms with Crippen molar-refractivity contribution in [2.75, 3.05) is 31.2 Å². The van der Waals surface area contributed by atoms with Crippen molar-refractivity contribution in [3.63, 3.8) is 0 Å². The average Bonchev–Trinajstić information content (AvgIpc) is 2.88. The van der Waals surface area contributed by atoms with Crippen molar-refractivity contribution in [1.82, 2.24) is 9.55 Å². The van der Waals surface area contributed by atoms with Crippen molar-refractivity contribution < 1.29 is 9.84 Å². The van der Waals surface area contributed by atoms with E-state index < -0.39 is 0 Å². The Morgan fingerprint density at radius 3 is 2.53 bits per heavy atom. The molecule has 8 heteroatoms. The highest BCUT2D eigenvalue weighted by molar-refractivity contribution is 9.10. The SMILES string of the molecule is Cn1c(=O)c(-c2cc(-c3ccc(Br)cc3)c(C#N)c(N3CCOCC3)n2)c(O)c2ccccc21. The summed E-state index contributed by atoms with van der Waals surface area (Å²) in [6.07, 6.45) is 0. The minimum absolute atomic E-state index is 0.110. The van der Waals surface area contributed by atoms with Crippen LogP contribution in [0.25, 0.3) is 33.3 Å². The van der Waals surface area contributed by atoms with E-state index in [1.54, 1.807) is 25.2 Å². The number of benzene rings is 2. The van der Waals surface area contributed by atoms with Crippen molar-refractivity contribution in [3.8, 4) is 34.2 Å². The smallest absolute Gasteiger partial charge is 0.264 e. The minimum Gasteiger partial charge on any atom is -0.506 e. The zero-order valence-electron chi connectivity index (χ0n) is 18.5. The number of nitriles is 1. The Morgan fingerprint density at radius 1 is 1.12 bits per heavy atom. The van der Waals surface area contributed by atoms with E-state index in [9.17, 15) is 15.2 Å². The molecule has 1 N–H and O–H groups in total. The predicted octanol–water partition coefficient (Wildman–Crippen LogP) is 4.44. The number of morpholine rings is 1. The number of fused-ring (bicyclic) bond motifs is 1. The zero-order valence-corrected chi connectivity index (χ0v) is 20.0. The fourth-order valence-electron chi connectivity index (χ4n) is 4.34. The summed E-state index contributed by atoms with van der Waals surface area (Å²) in [5.41, 5.74) is 2.59. The molecule has 170 valence electrons. The molecule has 0 saturated carbocycles. The maximum absolute atomic E-state index is 13.4. The average molecular weight is 517 g/mol. The molecule has 4 aromatic rings. The lowest BCUT2D eigenvalue weighted by Crippen LogP contribution is -2.37. The maximum atomic E-state index is 13.4. The Balaban J connectivity index is 1.84. The van der Waals surface area contributed by atoms with Crippen LogP contribution in [0.4, 0.5) is 5.82 Å². The molecule has 0 amide bonds. The van der Waals surface area contributed by atoms with E-state index >= 15 is 0 Å². The second kappa shape index (κ2) is 8.93. The highest BCUT2D eigenvalue weighted by atomic mass is 79.9. The van der Waals surface area contributed by atoms with Gasteiger partial charge in [-0.2, -0.15) is 5.26 Å². The first-order valence-corrected chi connectivity index (χ1v) is 11.6. The van der Waals surface area contributed by atoms with Gasteiger partial charge in [0, 0.05) is 35.6 Å². The van der Waals surface area contributed by atoms with Gasteiger partial charge in [-0.05, 0) is 35.9 Å². The molecule has 2 aromatic carbocycles. The van der Waals surface area contributed by atoms with Crippen LogP contribution >= 0.6 is 15.9 Å². The molecule has 0 unspecified atom stereocenters. The molecule has 7 nitrogen and oxygen atoms in total. The van der Waals surface area contributed by atoms with Gasteiger partial charge in [0.05, 0.1) is 24.4 Å². The summed E-state index contributed by atoms with van der Waals surface area (Å²) in [5.74, 6) is 0.362. The first-order valence-electron chi connectivity index (χ1n) is 10.8. The first kappa shape index (κ1) is 22.1. The monoisotopic (exact) mass is 516 g/mol. The van der Waals surface area contributed by atoms with Gasteiger partial charge in [0.25, 0.3) is 5.56 Å². The fraction of sp³-hybridized carbons (Fsp3) is 0.192. The molecular weight excluding hydrogens is 496 g/mol. The van der Waals surface area contributed by atoms with E-state index in [1.165, 1.54) is 4.57 Å². The van der Waals surface area contributed by atoms with Gasteiger partial charge in [0.1, 0.15) is 28.8 Å². The van der Waals surface area contributed by atoms with Crippen molar-refractivity contribution in [2.45, 2.75) is 0 Å². The summed E-state index contributed by atoms with van der Waals surface area (Å²) in [7, 11) is 1.68. The molecule has 0 bridgehead atoms. The number of aromatic hydroxyl groups is 1. The third kappa shape index (κ3) is 3.73. The Morgan fingerprint density at radius 2 is 1.82 bits per heavy atom. The minimum atomic E-state index is -0.358. The number of pyridine rings is 2. The van der Waals surface area contributed by atoms with Gasteiger partial charge in [-0.3, -0.25) is 4.79 Å². The molecule has 3 heterocycles. The topological polar surface area (TPSA) is 91.4 Å². The molecule has 1 saturated heterocycles. The number of para-hydroxylation sites is 1. The van der Waals surface area contributed by atoms with E-state index in [-0.39, 0.29) is 16.9 Å². The van der Waals surface area contributed by atoms with Crippen molar-refractivity contribution in [2.24, 2.45) is 7.05 Å². The maximum Gasteiger partial charge on any atom is 0.264 e. The Labute approximate surface area is 204 Å². The molecular formula is C26H21BrN4O3. The Kier molecular flexibility index (Phi) is 5.82. The molecule has 2 aromatic heterocycles. The number of aromatic nitrogens is 2. The van der Waals surface area contributed by atoms with Crippen LogP contribution in [0.15, 0.2) is 63.9 Å². The standard InChI is InChI=1S/C26H21BrN4O3/c1-30-22-5-3-2-4-18(22)24(32)23(26(30)33)21-14-19(16-6-8-17(27)9-7-16)20(15-28)25(29-21)31-10-12-34-13-11-31/h2-9,14,32H,10-13H2,1H3. The number of hydrogen-bond donors (Lipinski definition) is 1. The fourth-order valence-corrected chi connectivity index (χ4v) is 4.61. The molecule has 0 aliphatic carbocycles. The molecule has 5 rings (SSSR count). The van der Waals surface area contributed by atoms with Crippen molar-refractivity contribution >= 4 is 32.7 Å². The molecule has 1 aliphatic heterocycles. The van der Waals surface area contributed by atoms with Crippen LogP contribution in [0.1, 0.15) is 5.56 Å². The van der Waals surface area contributed by atoms with Crippen molar-refractivity contribution in [3.05, 3.63) is 75.0 Å². The van der Waals surface area contributed by atoms with E-state index in [2.05, 4.69) is 22.0 Å². The quantitative estimate of drug-likeness (QED) is 0.432. The van der Waals surface area contributed by atoms with Crippen LogP contribution in [-0.4, -0.2) is 41.0 Å². The van der Waals surface area contributed by atoms with E-state index in [0.717, 1.165) is 10.0 Å². The van der Waals surface area contributed by atoms with Gasteiger partial charge in [-0.1, -0.05) is 40.2 Å². The van der Waals surface area contributed by atoms with E-state index in [1.807, 2.05) is 41.3 Å². The molecule has 0 radical (unpaired) electrons. The molecule has 1 fully saturated rings. The number of aryl methyl sites for hydroxylation is 1. The number of hydrogen-bond acceptors (Lipinski definition) is 6. The summed E-state index contributed by atoms with van der Waals surface area (Å²) in [6, 6.07) is 18.9. The number of anilines is 1. The Bertz CT molecular complexity index is 1500. The molecule has 0 spiro atoms. The largest absolute Gasteiger partial charge is 0.506 e. The number of ether oxygens (including phenoxy) is 1. The summed E-state index contributed by atoms with van der Waals surface area (Å²) < 4.78 is 7.92. The van der Waals surface area contributed by atoms with Crippen molar-refractivity contribution in [1.29, 1.82) is 5.26 Å².